The molecule has 0 radical (unpaired) electrons. The van der Waals surface area contributed by atoms with Crippen LogP contribution in [-0.2, 0) is 0 Å². The summed E-state index contributed by atoms with van der Waals surface area (Å²) in [7, 11) is 0. The lowest BCUT2D eigenvalue weighted by Crippen LogP contribution is -2.09. The number of H-pyrrole nitrogens is 2. The molecule has 1 amide bonds. The molecule has 192 valence electrons. The molecule has 12 heteroatoms. The van der Waals surface area contributed by atoms with Crippen molar-refractivity contribution in [1.29, 1.82) is 0 Å². The van der Waals surface area contributed by atoms with Gasteiger partial charge in [0.15, 0.2) is 10.8 Å². The van der Waals surface area contributed by atoms with Gasteiger partial charge in [0, 0.05) is 0 Å². The topological polar surface area (TPSA) is 139 Å². The molecule has 4 N–H and O–H groups in total. The van der Waals surface area contributed by atoms with E-state index in [4.69, 9.17) is 17.3 Å². The number of pyridine rings is 1. The number of rotatable bonds is 3. The number of nitrogens with one attached hydrogen (secondary N) is 2. The van der Waals surface area contributed by atoms with E-state index in [-0.39, 0.29) is 10.8 Å². The number of thiazole rings is 1. The molecule has 1 aliphatic rings. The van der Waals surface area contributed by atoms with Gasteiger partial charge in [0.05, 0.1) is 29.0 Å². The monoisotopic (exact) mass is 540 g/mol. The van der Waals surface area contributed by atoms with Crippen LogP contribution in [0.3, 0.4) is 0 Å². The molecule has 0 atom stereocenters. The van der Waals surface area contributed by atoms with Crippen LogP contribution in [-0.4, -0.2) is 41.0 Å². The number of nitrogens with two attached hydrogens (primary N) is 1. The second-order valence-corrected chi connectivity index (χ2v) is 9.96. The van der Waals surface area contributed by atoms with Gasteiger partial charge in [0.1, 0.15) is 28.0 Å². The van der Waals surface area contributed by atoms with Gasteiger partial charge in [-0.1, -0.05) is 80.0 Å². The van der Waals surface area contributed by atoms with E-state index in [1.54, 1.807) is 30.5 Å². The number of hydrogen-bond donors (Lipinski definition) is 3. The molecule has 5 aromatic rings. The van der Waals surface area contributed by atoms with Gasteiger partial charge in [0.2, 0.25) is 0 Å². The quantitative estimate of drug-likeness (QED) is 0.234. The Morgan fingerprint density at radius 3 is 2.22 bits per heavy atom. The molecule has 1 saturated carbocycles. The molecule has 0 spiro atoms. The summed E-state index contributed by atoms with van der Waals surface area (Å²) in [5.41, 5.74) is 7.36. The van der Waals surface area contributed by atoms with Crippen LogP contribution in [0.5, 0.6) is 0 Å². The summed E-state index contributed by atoms with van der Waals surface area (Å²) >= 11 is 6.53. The standard InChI is InChI=1S/C14H9FN6.C7H14.C4H3ClN2OS/c15-9-4-2-1-3-8(9)13-19-10-5-11(14-17-7-18-21-14)16-6-12(10)20-13;1-2-4-6-7-5-3-1;5-2-1-7-4(9-2)3(6)8/h1-7H,(H,19,20)(H,17,18,21);1-7H2;1H,(H2,6,8). The highest BCUT2D eigenvalue weighted by molar-refractivity contribution is 7.17. The van der Waals surface area contributed by atoms with Crippen LogP contribution >= 0.6 is 22.9 Å². The van der Waals surface area contributed by atoms with Gasteiger partial charge in [-0.15, -0.1) is 0 Å². The van der Waals surface area contributed by atoms with Gasteiger partial charge in [-0.25, -0.2) is 19.3 Å². The van der Waals surface area contributed by atoms with Crippen LogP contribution in [0.15, 0.2) is 49.1 Å². The van der Waals surface area contributed by atoms with Crippen molar-refractivity contribution in [2.45, 2.75) is 44.9 Å². The Morgan fingerprint density at radius 1 is 0.973 bits per heavy atom. The summed E-state index contributed by atoms with van der Waals surface area (Å²) in [5.74, 6) is 0.179. The largest absolute Gasteiger partial charge is 0.364 e. The molecule has 1 fully saturated rings. The average molecular weight is 541 g/mol. The minimum absolute atomic E-state index is 0.250. The van der Waals surface area contributed by atoms with E-state index in [2.05, 4.69) is 35.1 Å². The Morgan fingerprint density at radius 2 is 1.68 bits per heavy atom. The minimum atomic E-state index is -0.535. The third-order valence-corrected chi connectivity index (χ3v) is 6.72. The third-order valence-electron chi connectivity index (χ3n) is 5.59. The molecular weight excluding hydrogens is 515 g/mol. The van der Waals surface area contributed by atoms with Crippen molar-refractivity contribution in [1.82, 2.24) is 35.1 Å². The van der Waals surface area contributed by atoms with E-state index >= 15 is 0 Å². The van der Waals surface area contributed by atoms with Crippen molar-refractivity contribution < 1.29 is 9.18 Å². The van der Waals surface area contributed by atoms with Crippen molar-refractivity contribution in [2.75, 3.05) is 0 Å². The Hall–Kier alpha value is -3.70. The Kier molecular flexibility index (Phi) is 9.28. The summed E-state index contributed by atoms with van der Waals surface area (Å²) in [4.78, 5) is 29.8. The SMILES string of the molecule is C1CCCCCC1.Fc1ccccc1-c1nc2cc(-c3ncn[nH]3)ncc2[nH]1.NC(=O)c1ncc(Cl)s1. The van der Waals surface area contributed by atoms with Crippen molar-refractivity contribution in [3.63, 3.8) is 0 Å². The molecule has 37 heavy (non-hydrogen) atoms. The van der Waals surface area contributed by atoms with Crippen molar-refractivity contribution in [3.05, 3.63) is 64.2 Å². The first kappa shape index (κ1) is 26.4. The van der Waals surface area contributed by atoms with Gasteiger partial charge in [-0.2, -0.15) is 5.10 Å². The minimum Gasteiger partial charge on any atom is -0.364 e. The number of aromatic amines is 2. The number of primary amides is 1. The van der Waals surface area contributed by atoms with Crippen molar-refractivity contribution in [2.24, 2.45) is 5.73 Å². The number of hydrogen-bond acceptors (Lipinski definition) is 7. The van der Waals surface area contributed by atoms with Crippen LogP contribution in [0.1, 0.15) is 54.7 Å². The second-order valence-electron chi connectivity index (χ2n) is 8.29. The highest BCUT2D eigenvalue weighted by Crippen LogP contribution is 2.24. The fraction of sp³-hybridized carbons (Fsp3) is 0.280. The number of fused-ring (bicyclic) bond motifs is 1. The third kappa shape index (κ3) is 7.40. The maximum atomic E-state index is 13.8. The van der Waals surface area contributed by atoms with Crippen LogP contribution in [0.2, 0.25) is 4.34 Å². The van der Waals surface area contributed by atoms with Gasteiger partial charge >= 0.3 is 0 Å². The number of benzene rings is 1. The van der Waals surface area contributed by atoms with Crippen LogP contribution < -0.4 is 5.73 Å². The number of carbonyl (C=O) groups is 1. The zero-order chi connectivity index (χ0) is 26.0. The Bertz CT molecular complexity index is 1420. The Labute approximate surface area is 221 Å². The number of halogens is 2. The van der Waals surface area contributed by atoms with Gasteiger partial charge in [0.25, 0.3) is 5.91 Å². The summed E-state index contributed by atoms with van der Waals surface area (Å²) in [6, 6.07) is 8.27. The van der Waals surface area contributed by atoms with E-state index < -0.39 is 5.91 Å². The predicted molar refractivity (Wildman–Crippen MR) is 143 cm³/mol. The first-order valence-electron chi connectivity index (χ1n) is 11.9. The molecule has 0 aliphatic heterocycles. The number of nitrogens with zero attached hydrogens (tertiary/aromatic N) is 5. The maximum Gasteiger partial charge on any atom is 0.277 e. The molecule has 1 aliphatic carbocycles. The highest BCUT2D eigenvalue weighted by atomic mass is 35.5. The van der Waals surface area contributed by atoms with Gasteiger partial charge in [-0.05, 0) is 18.2 Å². The van der Waals surface area contributed by atoms with E-state index in [9.17, 15) is 9.18 Å². The predicted octanol–water partition coefficient (Wildman–Crippen LogP) is 6.18. The summed E-state index contributed by atoms with van der Waals surface area (Å²) in [6.45, 7) is 0. The van der Waals surface area contributed by atoms with Crippen LogP contribution in [0, 0.1) is 5.82 Å². The fourth-order valence-electron chi connectivity index (χ4n) is 3.75. The van der Waals surface area contributed by atoms with Crippen LogP contribution in [0.25, 0.3) is 33.9 Å². The lowest BCUT2D eigenvalue weighted by molar-refractivity contribution is 0.1000. The first-order valence-corrected chi connectivity index (χ1v) is 13.1. The first-order chi connectivity index (χ1) is 18.0. The average Bonchev–Trinajstić information content (AvgIpc) is 3.62. The second kappa shape index (κ2) is 13.0. The lowest BCUT2D eigenvalue weighted by Gasteiger charge is -1.96. The number of imidazole rings is 1. The van der Waals surface area contributed by atoms with Crippen molar-refractivity contribution >= 4 is 39.9 Å². The fourth-order valence-corrected chi connectivity index (χ4v) is 4.52. The van der Waals surface area contributed by atoms with E-state index in [1.165, 1.54) is 63.5 Å². The lowest BCUT2D eigenvalue weighted by atomic mass is 10.2. The normalized spacial score (nSPS) is 13.1. The number of amides is 1. The highest BCUT2D eigenvalue weighted by Gasteiger charge is 2.11. The van der Waals surface area contributed by atoms with Gasteiger partial charge < -0.3 is 10.7 Å². The smallest absolute Gasteiger partial charge is 0.277 e. The Balaban J connectivity index is 0.000000164. The zero-order valence-corrected chi connectivity index (χ0v) is 21.5. The number of aromatic nitrogens is 7. The van der Waals surface area contributed by atoms with Crippen molar-refractivity contribution in [3.8, 4) is 22.9 Å². The molecule has 0 bridgehead atoms. The molecule has 6 rings (SSSR count). The summed E-state index contributed by atoms with van der Waals surface area (Å²) in [5, 5.41) is 6.78. The summed E-state index contributed by atoms with van der Waals surface area (Å²) < 4.78 is 14.3. The zero-order valence-electron chi connectivity index (χ0n) is 20.0. The molecule has 1 aromatic carbocycles. The molecule has 9 nitrogen and oxygen atoms in total. The van der Waals surface area contributed by atoms with E-state index in [1.807, 2.05) is 0 Å². The number of carbonyl (C=O) groups excluding carboxylic acids is 1. The summed E-state index contributed by atoms with van der Waals surface area (Å²) in [6.07, 6.45) is 15.0. The van der Waals surface area contributed by atoms with E-state index in [0.717, 1.165) is 16.9 Å². The molecule has 4 aromatic heterocycles. The van der Waals surface area contributed by atoms with E-state index in [0.29, 0.717) is 32.8 Å². The molecular formula is C25H26ClFN8OS. The molecule has 0 saturated heterocycles. The maximum absolute atomic E-state index is 13.8. The molecule has 0 unspecified atom stereocenters. The van der Waals surface area contributed by atoms with Gasteiger partial charge in [-0.3, -0.25) is 14.9 Å². The molecule has 4 heterocycles. The van der Waals surface area contributed by atoms with Crippen LogP contribution in [0.4, 0.5) is 4.39 Å².